The van der Waals surface area contributed by atoms with E-state index in [2.05, 4.69) is 25.6 Å². The van der Waals surface area contributed by atoms with Crippen molar-refractivity contribution in [3.63, 3.8) is 0 Å². The molecule has 0 aromatic carbocycles. The van der Waals surface area contributed by atoms with Crippen LogP contribution < -0.4 is 62.0 Å². The molecule has 0 amide bonds. The molecule has 0 fully saturated rings. The van der Waals surface area contributed by atoms with Crippen molar-refractivity contribution < 1.29 is 61.0 Å². The van der Waals surface area contributed by atoms with Crippen molar-refractivity contribution in [2.24, 2.45) is 0 Å². The fourth-order valence-electron chi connectivity index (χ4n) is 1.28. The number of tetrazole rings is 1. The van der Waals surface area contributed by atoms with Crippen LogP contribution in [0, 0.1) is 6.85 Å². The molecule has 0 aliphatic carbocycles. The summed E-state index contributed by atoms with van der Waals surface area (Å²) in [7, 11) is 0. The van der Waals surface area contributed by atoms with Gasteiger partial charge in [0.25, 0.3) is 5.56 Å². The van der Waals surface area contributed by atoms with E-state index in [4.69, 9.17) is 9.60 Å². The summed E-state index contributed by atoms with van der Waals surface area (Å²) in [4.78, 5) is 16.4. The molecule has 3 heterocycles. The Kier molecular flexibility index (Phi) is 2.09. The van der Waals surface area contributed by atoms with E-state index in [1.165, 1.54) is 0 Å². The second kappa shape index (κ2) is 5.37. The molecular weight excluding hydrogens is 259 g/mol. The van der Waals surface area contributed by atoms with Gasteiger partial charge in [-0.2, -0.15) is 5.21 Å². The van der Waals surface area contributed by atoms with Gasteiger partial charge in [-0.25, -0.2) is 4.98 Å². The first-order chi connectivity index (χ1) is 11.1. The van der Waals surface area contributed by atoms with Crippen molar-refractivity contribution >= 4 is 5.65 Å². The van der Waals surface area contributed by atoms with Gasteiger partial charge in [0.15, 0.2) is 0 Å². The van der Waals surface area contributed by atoms with Gasteiger partial charge in [-0.15, -0.1) is 0 Å². The van der Waals surface area contributed by atoms with E-state index >= 15 is 0 Å². The molecule has 3 aromatic heterocycles. The minimum absolute atomic E-state index is 0. The van der Waals surface area contributed by atoms with Gasteiger partial charge in [0.05, 0.1) is 11.0 Å². The van der Waals surface area contributed by atoms with E-state index < -0.39 is 53.6 Å². The Bertz CT molecular complexity index is 1020. The predicted molar refractivity (Wildman–Crippen MR) is 58.3 cm³/mol. The average Bonchev–Trinajstić information content (AvgIpc) is 2.97. The van der Waals surface area contributed by atoms with Crippen LogP contribution in [-0.2, 0) is 0 Å². The minimum Gasteiger partial charge on any atom is -0.330 e. The number of hydrogen-bond donors (Lipinski definition) is 0. The molecule has 0 radical (unpaired) electrons. The molecule has 0 unspecified atom stereocenters. The number of rotatable bonds is 1. The van der Waals surface area contributed by atoms with Gasteiger partial charge in [0.1, 0.15) is 5.65 Å². The molecular formula is C10H7KN6O. The van der Waals surface area contributed by atoms with E-state index in [0.29, 0.717) is 4.40 Å². The van der Waals surface area contributed by atoms with Crippen LogP contribution in [0.4, 0.5) is 0 Å². The van der Waals surface area contributed by atoms with Crippen LogP contribution in [0.2, 0.25) is 0 Å². The van der Waals surface area contributed by atoms with Crippen molar-refractivity contribution in [3.05, 3.63) is 40.3 Å². The number of fused-ring (bicyclic) bond motifs is 1. The Morgan fingerprint density at radius 3 is 3.17 bits per heavy atom. The molecule has 0 aliphatic rings. The zero-order chi connectivity index (χ0) is 17.8. The topological polar surface area (TPSA) is 87.1 Å². The van der Waals surface area contributed by atoms with Crippen LogP contribution in [0.15, 0.2) is 29.2 Å². The summed E-state index contributed by atoms with van der Waals surface area (Å²) >= 11 is 0. The third kappa shape index (κ3) is 2.17. The zero-order valence-electron chi connectivity index (χ0n) is 16.1. The van der Waals surface area contributed by atoms with Crippen LogP contribution in [0.5, 0.6) is 0 Å². The van der Waals surface area contributed by atoms with Gasteiger partial charge < -0.3 is 5.10 Å². The molecule has 3 aromatic rings. The van der Waals surface area contributed by atoms with Crippen LogP contribution in [0.1, 0.15) is 15.2 Å². The van der Waals surface area contributed by atoms with Gasteiger partial charge in [0, 0.05) is 22.3 Å². The van der Waals surface area contributed by atoms with Crippen molar-refractivity contribution in [1.29, 1.82) is 0 Å². The molecule has 0 saturated heterocycles. The molecule has 0 atom stereocenters. The number of hydrogen-bond acceptors (Lipinski definition) is 5. The SMILES string of the molecule is [2H]c1nc2c(C([2H])([2H])[2H])c([2H])c([2H])c([2H])n2c(=O)c1-c1nnn[n-]1.[K+]. The third-order valence-corrected chi connectivity index (χ3v) is 2.02. The monoisotopic (exact) mass is 273 g/mol. The number of aromatic nitrogens is 6. The van der Waals surface area contributed by atoms with E-state index in [-0.39, 0.29) is 57.2 Å². The maximum Gasteiger partial charge on any atom is 1.00 e. The summed E-state index contributed by atoms with van der Waals surface area (Å²) in [6.45, 7) is -2.86. The van der Waals surface area contributed by atoms with Gasteiger partial charge in [-0.3, -0.25) is 19.5 Å². The average molecular weight is 273 g/mol. The van der Waals surface area contributed by atoms with Crippen molar-refractivity contribution in [2.75, 3.05) is 0 Å². The molecule has 0 saturated carbocycles. The molecule has 18 heavy (non-hydrogen) atoms. The van der Waals surface area contributed by atoms with Crippen molar-refractivity contribution in [3.8, 4) is 11.4 Å². The van der Waals surface area contributed by atoms with Gasteiger partial charge >= 0.3 is 51.4 Å². The molecule has 0 N–H and O–H groups in total. The summed E-state index contributed by atoms with van der Waals surface area (Å²) < 4.78 is 54.3. The summed E-state index contributed by atoms with van der Waals surface area (Å²) in [5.74, 6) is -0.303. The maximum absolute atomic E-state index is 12.6. The molecule has 0 spiro atoms. The first-order valence-electron chi connectivity index (χ1n) is 7.87. The molecule has 3 rings (SSSR count). The zero-order valence-corrected chi connectivity index (χ0v) is 12.2. The molecule has 0 bridgehead atoms. The first-order valence-corrected chi connectivity index (χ1v) is 4.37. The summed E-state index contributed by atoms with van der Waals surface area (Å²) in [5, 5.41) is 13.3. The van der Waals surface area contributed by atoms with E-state index in [1.54, 1.807) is 0 Å². The van der Waals surface area contributed by atoms with Crippen molar-refractivity contribution in [2.45, 2.75) is 6.85 Å². The molecule has 84 valence electrons. The van der Waals surface area contributed by atoms with E-state index in [9.17, 15) is 4.79 Å². The number of aryl methyl sites for hydroxylation is 1. The van der Waals surface area contributed by atoms with E-state index in [1.807, 2.05) is 0 Å². The Morgan fingerprint density at radius 2 is 2.44 bits per heavy atom. The summed E-state index contributed by atoms with van der Waals surface area (Å²) in [5.41, 5.74) is -2.67. The number of pyridine rings is 1. The van der Waals surface area contributed by atoms with Gasteiger partial charge in [-0.05, 0) is 18.5 Å². The van der Waals surface area contributed by atoms with E-state index in [0.717, 1.165) is 0 Å². The number of nitrogens with zero attached hydrogens (tertiary/aromatic N) is 6. The van der Waals surface area contributed by atoms with Crippen LogP contribution in [-0.4, -0.2) is 24.9 Å². The predicted octanol–water partition coefficient (Wildman–Crippen LogP) is -3.18. The standard InChI is InChI=1S/C10H7N6O.K/c1-6-3-2-4-16-9(6)11-5-7(10(16)17)8-12-14-15-13-8;/h2-5H,1H3;/q-1;+1/i1D3,2D,3D,4D,5D;. The Morgan fingerprint density at radius 1 is 1.56 bits per heavy atom. The summed E-state index contributed by atoms with van der Waals surface area (Å²) in [6.07, 6.45) is -1.37. The normalized spacial score (nSPS) is 16.6. The maximum atomic E-state index is 12.6. The fourth-order valence-corrected chi connectivity index (χ4v) is 1.28. The summed E-state index contributed by atoms with van der Waals surface area (Å²) in [6, 6.07) is -1.49. The fraction of sp³-hybridized carbons (Fsp3) is 0.100. The molecule has 8 heteroatoms. The second-order valence-electron chi connectivity index (χ2n) is 3.00. The van der Waals surface area contributed by atoms with Gasteiger partial charge in [-0.1, -0.05) is 6.04 Å². The smallest absolute Gasteiger partial charge is 0.330 e. The van der Waals surface area contributed by atoms with Crippen molar-refractivity contribution in [1.82, 2.24) is 30.0 Å². The Labute approximate surface area is 154 Å². The quantitative estimate of drug-likeness (QED) is 0.434. The largest absolute Gasteiger partial charge is 1.00 e. The van der Waals surface area contributed by atoms with Crippen LogP contribution in [0.3, 0.4) is 0 Å². The third-order valence-electron chi connectivity index (χ3n) is 2.02. The second-order valence-corrected chi connectivity index (χ2v) is 3.00. The molecule has 0 aliphatic heterocycles. The molecule has 7 nitrogen and oxygen atoms in total. The first kappa shape index (κ1) is 7.01. The van der Waals surface area contributed by atoms with Crippen LogP contribution >= 0.6 is 0 Å². The van der Waals surface area contributed by atoms with Crippen LogP contribution in [0.25, 0.3) is 17.0 Å². The Hall–Kier alpha value is -0.934. The Balaban J connectivity index is 0.00000225. The minimum atomic E-state index is -2.86. The van der Waals surface area contributed by atoms with Gasteiger partial charge in [0.2, 0.25) is 0 Å².